The molecule has 2 aliphatic rings. The van der Waals surface area contributed by atoms with Gasteiger partial charge in [-0.2, -0.15) is 5.26 Å². The minimum absolute atomic E-state index is 0.0839. The van der Waals surface area contributed by atoms with Gasteiger partial charge in [0.2, 0.25) is 0 Å². The predicted octanol–water partition coefficient (Wildman–Crippen LogP) is 2.23. The zero-order chi connectivity index (χ0) is 12.0. The van der Waals surface area contributed by atoms with E-state index in [2.05, 4.69) is 6.92 Å². The number of fused-ring (bicyclic) bond motifs is 1. The maximum Gasteiger partial charge on any atom is 0.181 e. The van der Waals surface area contributed by atoms with Crippen LogP contribution in [0.2, 0.25) is 0 Å². The Balaban J connectivity index is 2.53. The molecular weight excluding hydrogens is 202 g/mol. The Morgan fingerprint density at radius 1 is 1.50 bits per heavy atom. The minimum Gasteiger partial charge on any atom is -0.376 e. The van der Waals surface area contributed by atoms with E-state index >= 15 is 0 Å². The van der Waals surface area contributed by atoms with Crippen molar-refractivity contribution in [3.05, 3.63) is 11.6 Å². The third-order valence-corrected chi connectivity index (χ3v) is 3.82. The SMILES string of the molecule is CC1(C)C(=O)C(C#N)=C[C@]2(C)CCCOC12. The van der Waals surface area contributed by atoms with Gasteiger partial charge >= 0.3 is 0 Å². The van der Waals surface area contributed by atoms with Crippen LogP contribution in [0.25, 0.3) is 0 Å². The molecule has 2 atom stereocenters. The first-order valence-corrected chi connectivity index (χ1v) is 5.71. The zero-order valence-electron chi connectivity index (χ0n) is 10.0. The van der Waals surface area contributed by atoms with Gasteiger partial charge in [0.25, 0.3) is 0 Å². The number of allylic oxidation sites excluding steroid dienone is 1. The van der Waals surface area contributed by atoms with Crippen LogP contribution >= 0.6 is 0 Å². The first-order valence-electron chi connectivity index (χ1n) is 5.71. The Morgan fingerprint density at radius 2 is 2.19 bits per heavy atom. The predicted molar refractivity (Wildman–Crippen MR) is 59.6 cm³/mol. The molecule has 0 amide bonds. The minimum atomic E-state index is -0.588. The van der Waals surface area contributed by atoms with Gasteiger partial charge in [-0.25, -0.2) is 0 Å². The molecule has 1 heterocycles. The number of ketones is 1. The maximum absolute atomic E-state index is 12.1. The normalized spacial score (nSPS) is 37.2. The van der Waals surface area contributed by atoms with Gasteiger partial charge in [0, 0.05) is 12.0 Å². The molecule has 2 rings (SSSR count). The lowest BCUT2D eigenvalue weighted by atomic mass is 9.60. The average Bonchev–Trinajstić information content (AvgIpc) is 2.24. The van der Waals surface area contributed by atoms with E-state index in [1.54, 1.807) is 0 Å². The lowest BCUT2D eigenvalue weighted by Gasteiger charge is -2.49. The van der Waals surface area contributed by atoms with E-state index < -0.39 is 5.41 Å². The summed E-state index contributed by atoms with van der Waals surface area (Å²) in [6.45, 7) is 6.57. The van der Waals surface area contributed by atoms with Crippen molar-refractivity contribution in [1.29, 1.82) is 5.26 Å². The molecule has 0 radical (unpaired) electrons. The highest BCUT2D eigenvalue weighted by Gasteiger charge is 2.53. The molecular formula is C13H17NO2. The lowest BCUT2D eigenvalue weighted by Crippen LogP contribution is -2.54. The van der Waals surface area contributed by atoms with E-state index in [-0.39, 0.29) is 17.3 Å². The zero-order valence-corrected chi connectivity index (χ0v) is 10.0. The first kappa shape index (κ1) is 11.3. The summed E-state index contributed by atoms with van der Waals surface area (Å²) >= 11 is 0. The highest BCUT2D eigenvalue weighted by Crippen LogP contribution is 2.49. The molecule has 3 heteroatoms. The van der Waals surface area contributed by atoms with E-state index in [9.17, 15) is 4.79 Å². The summed E-state index contributed by atoms with van der Waals surface area (Å²) in [6, 6.07) is 2.02. The molecule has 1 unspecified atom stereocenters. The molecule has 0 aromatic rings. The van der Waals surface area contributed by atoms with Crippen LogP contribution < -0.4 is 0 Å². The Labute approximate surface area is 96.1 Å². The number of carbonyl (C=O) groups excluding carboxylic acids is 1. The number of carbonyl (C=O) groups is 1. The number of rotatable bonds is 0. The topological polar surface area (TPSA) is 50.1 Å². The van der Waals surface area contributed by atoms with E-state index in [0.29, 0.717) is 12.2 Å². The molecule has 0 aromatic heterocycles. The quantitative estimate of drug-likeness (QED) is 0.627. The van der Waals surface area contributed by atoms with Crippen LogP contribution in [0, 0.1) is 22.2 Å². The van der Waals surface area contributed by atoms with Crippen molar-refractivity contribution in [2.45, 2.75) is 39.7 Å². The fourth-order valence-corrected chi connectivity index (χ4v) is 3.10. The summed E-state index contributed by atoms with van der Waals surface area (Å²) in [5.74, 6) is -0.0839. The molecule has 1 aliphatic heterocycles. The Hall–Kier alpha value is -1.14. The van der Waals surface area contributed by atoms with Crippen LogP contribution in [0.4, 0.5) is 0 Å². The standard InChI is InChI=1S/C13H17NO2/c1-12(2)10(15)9(8-14)7-13(3)5-4-6-16-11(12)13/h7,11H,4-6H2,1-3H3/t11?,13-/m0/s1. The number of nitriles is 1. The van der Waals surface area contributed by atoms with Crippen LogP contribution in [0.15, 0.2) is 11.6 Å². The first-order chi connectivity index (χ1) is 7.42. The molecule has 3 nitrogen and oxygen atoms in total. The Morgan fingerprint density at radius 3 is 2.81 bits per heavy atom. The average molecular weight is 219 g/mol. The van der Waals surface area contributed by atoms with Gasteiger partial charge in [-0.3, -0.25) is 4.79 Å². The van der Waals surface area contributed by atoms with E-state index in [1.807, 2.05) is 26.0 Å². The molecule has 0 saturated carbocycles. The lowest BCUT2D eigenvalue weighted by molar-refractivity contribution is -0.152. The molecule has 0 spiro atoms. The molecule has 0 aromatic carbocycles. The van der Waals surface area contributed by atoms with Gasteiger partial charge in [-0.1, -0.05) is 13.0 Å². The fraction of sp³-hybridized carbons (Fsp3) is 0.692. The maximum atomic E-state index is 12.1. The third-order valence-electron chi connectivity index (χ3n) is 3.82. The summed E-state index contributed by atoms with van der Waals surface area (Å²) in [5.41, 5.74) is -0.454. The monoisotopic (exact) mass is 219 g/mol. The summed E-state index contributed by atoms with van der Waals surface area (Å²) in [7, 11) is 0. The van der Waals surface area contributed by atoms with Crippen molar-refractivity contribution < 1.29 is 9.53 Å². The molecule has 86 valence electrons. The second-order valence-electron chi connectivity index (χ2n) is 5.58. The van der Waals surface area contributed by atoms with Crippen molar-refractivity contribution in [1.82, 2.24) is 0 Å². The van der Waals surface area contributed by atoms with Gasteiger partial charge < -0.3 is 4.74 Å². The molecule has 0 N–H and O–H groups in total. The van der Waals surface area contributed by atoms with Crippen molar-refractivity contribution in [3.63, 3.8) is 0 Å². The van der Waals surface area contributed by atoms with Crippen LogP contribution in [0.1, 0.15) is 33.6 Å². The van der Waals surface area contributed by atoms with Crippen LogP contribution in [-0.4, -0.2) is 18.5 Å². The molecule has 1 aliphatic carbocycles. The van der Waals surface area contributed by atoms with Crippen LogP contribution in [0.5, 0.6) is 0 Å². The van der Waals surface area contributed by atoms with Crippen molar-refractivity contribution >= 4 is 5.78 Å². The van der Waals surface area contributed by atoms with E-state index in [0.717, 1.165) is 12.8 Å². The summed E-state index contributed by atoms with van der Waals surface area (Å²) in [5, 5.41) is 9.02. The highest BCUT2D eigenvalue weighted by atomic mass is 16.5. The number of Topliss-reactive ketones (excluding diaryl/α,β-unsaturated/α-hetero) is 1. The van der Waals surface area contributed by atoms with E-state index in [4.69, 9.17) is 10.00 Å². The van der Waals surface area contributed by atoms with Crippen LogP contribution in [0.3, 0.4) is 0 Å². The molecule has 0 bridgehead atoms. The smallest absolute Gasteiger partial charge is 0.181 e. The van der Waals surface area contributed by atoms with Gasteiger partial charge in [0.15, 0.2) is 5.78 Å². The fourth-order valence-electron chi connectivity index (χ4n) is 3.10. The summed E-state index contributed by atoms with van der Waals surface area (Å²) < 4.78 is 5.79. The van der Waals surface area contributed by atoms with Crippen molar-refractivity contribution in [3.8, 4) is 6.07 Å². The number of ether oxygens (including phenoxy) is 1. The molecule has 16 heavy (non-hydrogen) atoms. The van der Waals surface area contributed by atoms with Gasteiger partial charge in [0.1, 0.15) is 6.07 Å². The summed E-state index contributed by atoms with van der Waals surface area (Å²) in [4.78, 5) is 12.1. The number of hydrogen-bond donors (Lipinski definition) is 0. The van der Waals surface area contributed by atoms with Gasteiger partial charge in [0.05, 0.1) is 17.1 Å². The number of hydrogen-bond acceptors (Lipinski definition) is 3. The van der Waals surface area contributed by atoms with Gasteiger partial charge in [-0.15, -0.1) is 0 Å². The Bertz CT molecular complexity index is 403. The third kappa shape index (κ3) is 1.41. The number of nitrogens with zero attached hydrogens (tertiary/aromatic N) is 1. The van der Waals surface area contributed by atoms with Crippen molar-refractivity contribution in [2.75, 3.05) is 6.61 Å². The Kier molecular flexibility index (Phi) is 2.43. The van der Waals surface area contributed by atoms with Crippen LogP contribution in [-0.2, 0) is 9.53 Å². The largest absolute Gasteiger partial charge is 0.376 e. The second-order valence-corrected chi connectivity index (χ2v) is 5.58. The molecule has 1 saturated heterocycles. The molecule has 1 fully saturated rings. The van der Waals surface area contributed by atoms with E-state index in [1.165, 1.54) is 0 Å². The van der Waals surface area contributed by atoms with Gasteiger partial charge in [-0.05, 0) is 26.7 Å². The highest BCUT2D eigenvalue weighted by molar-refractivity contribution is 6.04. The summed E-state index contributed by atoms with van der Waals surface area (Å²) in [6.07, 6.45) is 3.70. The second kappa shape index (κ2) is 3.43. The van der Waals surface area contributed by atoms with Crippen molar-refractivity contribution in [2.24, 2.45) is 10.8 Å².